The molecule has 0 aromatic carbocycles. The number of nitrogens with one attached hydrogen (secondary N) is 4. The minimum Gasteiger partial charge on any atom is -0.352 e. The fourth-order valence-corrected chi connectivity index (χ4v) is 1.97. The molecule has 19 heavy (non-hydrogen) atoms. The van der Waals surface area contributed by atoms with E-state index in [1.54, 1.807) is 0 Å². The minimum atomic E-state index is -0.493. The molecule has 9 heteroatoms. The van der Waals surface area contributed by atoms with Crippen molar-refractivity contribution in [3.05, 3.63) is 0 Å². The Kier molecular flexibility index (Phi) is 12.4. The molecule has 0 radical (unpaired) electrons. The number of carbonyl (C=O) groups is 2. The average Bonchev–Trinajstić information content (AvgIpc) is 2.34. The van der Waals surface area contributed by atoms with Gasteiger partial charge in [0, 0.05) is 50.8 Å². The van der Waals surface area contributed by atoms with Crippen molar-refractivity contribution in [2.45, 2.75) is 0 Å². The molecule has 0 rings (SSSR count). The number of nitrogens with two attached hydrogens (primary N) is 2. The Morgan fingerprint density at radius 3 is 1.53 bits per heavy atom. The van der Waals surface area contributed by atoms with Crippen molar-refractivity contribution in [2.75, 3.05) is 50.8 Å². The van der Waals surface area contributed by atoms with Crippen molar-refractivity contribution in [1.29, 1.82) is 0 Å². The van der Waals surface area contributed by atoms with E-state index in [0.29, 0.717) is 13.1 Å². The summed E-state index contributed by atoms with van der Waals surface area (Å²) in [6.45, 7) is 4.34. The molecule has 0 aliphatic heterocycles. The topological polar surface area (TPSA) is 134 Å². The average molecular weight is 292 g/mol. The van der Waals surface area contributed by atoms with Gasteiger partial charge in [-0.3, -0.25) is 0 Å². The summed E-state index contributed by atoms with van der Waals surface area (Å²) >= 11 is 1.83. The summed E-state index contributed by atoms with van der Waals surface area (Å²) in [5.74, 6) is 2.02. The molecule has 0 heterocycles. The highest BCUT2D eigenvalue weighted by atomic mass is 32.2. The fraction of sp³-hybridized carbons (Fsp3) is 0.800. The largest absolute Gasteiger partial charge is 0.352 e. The van der Waals surface area contributed by atoms with Crippen LogP contribution in [0.15, 0.2) is 0 Å². The number of carbonyl (C=O) groups excluding carboxylic acids is 2. The van der Waals surface area contributed by atoms with Crippen molar-refractivity contribution < 1.29 is 9.59 Å². The molecule has 8 N–H and O–H groups in total. The van der Waals surface area contributed by atoms with Crippen LogP contribution in [0.4, 0.5) is 9.59 Å². The quantitative estimate of drug-likeness (QED) is 0.237. The Morgan fingerprint density at radius 1 is 0.737 bits per heavy atom. The Bertz CT molecular complexity index is 230. The molecule has 0 aromatic rings. The molecule has 0 aliphatic carbocycles. The van der Waals surface area contributed by atoms with Gasteiger partial charge in [0.05, 0.1) is 0 Å². The van der Waals surface area contributed by atoms with Crippen LogP contribution >= 0.6 is 11.8 Å². The predicted molar refractivity (Wildman–Crippen MR) is 78.2 cm³/mol. The summed E-state index contributed by atoms with van der Waals surface area (Å²) in [4.78, 5) is 20.7. The zero-order valence-corrected chi connectivity index (χ0v) is 11.9. The number of thioether (sulfide) groups is 1. The predicted octanol–water partition coefficient (Wildman–Crippen LogP) is -1.76. The fourth-order valence-electron chi connectivity index (χ4n) is 1.19. The Balaban J connectivity index is 2.99. The van der Waals surface area contributed by atoms with Crippen LogP contribution in [0.3, 0.4) is 0 Å². The molecule has 0 atom stereocenters. The normalized spacial score (nSPS) is 10.1. The van der Waals surface area contributed by atoms with E-state index in [1.807, 2.05) is 11.8 Å². The maximum absolute atomic E-state index is 10.4. The maximum atomic E-state index is 10.4. The number of rotatable bonds is 12. The number of amides is 4. The van der Waals surface area contributed by atoms with E-state index in [9.17, 15) is 9.59 Å². The summed E-state index contributed by atoms with van der Waals surface area (Å²) in [6, 6.07) is -0.985. The van der Waals surface area contributed by atoms with Crippen LogP contribution in [0.1, 0.15) is 0 Å². The van der Waals surface area contributed by atoms with Crippen LogP contribution in [0.25, 0.3) is 0 Å². The van der Waals surface area contributed by atoms with Gasteiger partial charge >= 0.3 is 12.1 Å². The molecule has 4 amide bonds. The van der Waals surface area contributed by atoms with Crippen LogP contribution in [0.5, 0.6) is 0 Å². The number of hydrogen-bond acceptors (Lipinski definition) is 5. The van der Waals surface area contributed by atoms with Gasteiger partial charge in [0.25, 0.3) is 0 Å². The summed E-state index contributed by atoms with van der Waals surface area (Å²) in [6.07, 6.45) is 0. The van der Waals surface area contributed by atoms with Crippen LogP contribution in [-0.2, 0) is 0 Å². The summed E-state index contributed by atoms with van der Waals surface area (Å²) in [5, 5.41) is 11.4. The zero-order valence-electron chi connectivity index (χ0n) is 11.0. The van der Waals surface area contributed by atoms with E-state index in [-0.39, 0.29) is 0 Å². The van der Waals surface area contributed by atoms with Crippen molar-refractivity contribution in [2.24, 2.45) is 11.5 Å². The molecular weight excluding hydrogens is 268 g/mol. The molecular formula is C10H24N6O2S. The van der Waals surface area contributed by atoms with Gasteiger partial charge in [-0.15, -0.1) is 0 Å². The molecule has 0 spiro atoms. The lowest BCUT2D eigenvalue weighted by molar-refractivity contribution is 0.248. The van der Waals surface area contributed by atoms with Crippen molar-refractivity contribution in [3.63, 3.8) is 0 Å². The third kappa shape index (κ3) is 16.8. The van der Waals surface area contributed by atoms with Gasteiger partial charge in [-0.05, 0) is 0 Å². The minimum absolute atomic E-state index is 0.493. The zero-order chi connectivity index (χ0) is 14.3. The molecule has 0 aliphatic rings. The SMILES string of the molecule is NC(=O)NCCNCCSCCNCCNC(N)=O. The summed E-state index contributed by atoms with van der Waals surface area (Å²) in [7, 11) is 0. The molecule has 0 saturated carbocycles. The first-order valence-corrected chi connectivity index (χ1v) is 7.34. The van der Waals surface area contributed by atoms with E-state index < -0.39 is 12.1 Å². The second kappa shape index (κ2) is 13.2. The lowest BCUT2D eigenvalue weighted by Crippen LogP contribution is -2.36. The highest BCUT2D eigenvalue weighted by Crippen LogP contribution is 1.95. The van der Waals surface area contributed by atoms with Crippen molar-refractivity contribution in [3.8, 4) is 0 Å². The first-order chi connectivity index (χ1) is 9.13. The smallest absolute Gasteiger partial charge is 0.312 e. The first-order valence-electron chi connectivity index (χ1n) is 6.18. The van der Waals surface area contributed by atoms with E-state index >= 15 is 0 Å². The molecule has 112 valence electrons. The first kappa shape index (κ1) is 17.8. The van der Waals surface area contributed by atoms with Gasteiger partial charge in [0.2, 0.25) is 0 Å². The number of urea groups is 2. The second-order valence-corrected chi connectivity index (χ2v) is 4.92. The van der Waals surface area contributed by atoms with Gasteiger partial charge in [0.1, 0.15) is 0 Å². The van der Waals surface area contributed by atoms with E-state index in [1.165, 1.54) is 0 Å². The van der Waals surface area contributed by atoms with Gasteiger partial charge in [-0.1, -0.05) is 0 Å². The second-order valence-electron chi connectivity index (χ2n) is 3.69. The van der Waals surface area contributed by atoms with E-state index in [2.05, 4.69) is 21.3 Å². The monoisotopic (exact) mass is 292 g/mol. The summed E-state index contributed by atoms with van der Waals surface area (Å²) < 4.78 is 0. The Morgan fingerprint density at radius 2 is 1.16 bits per heavy atom. The molecule has 0 fully saturated rings. The summed E-state index contributed by atoms with van der Waals surface area (Å²) in [5.41, 5.74) is 9.84. The Hall–Kier alpha value is -1.19. The standard InChI is InChI=1S/C10H24N6O2S/c11-9(17)15-3-1-13-5-7-19-8-6-14-2-4-16-10(12)18/h13-14H,1-8H2,(H3,11,15,17)(H3,12,16,18). The molecule has 0 unspecified atom stereocenters. The molecule has 0 aromatic heterocycles. The van der Waals surface area contributed by atoms with Crippen LogP contribution in [-0.4, -0.2) is 62.8 Å². The molecule has 8 nitrogen and oxygen atoms in total. The lowest BCUT2D eigenvalue weighted by Gasteiger charge is -2.06. The van der Waals surface area contributed by atoms with E-state index in [0.717, 1.165) is 37.7 Å². The van der Waals surface area contributed by atoms with Gasteiger partial charge in [0.15, 0.2) is 0 Å². The lowest BCUT2D eigenvalue weighted by atomic mass is 10.6. The highest BCUT2D eigenvalue weighted by molar-refractivity contribution is 7.99. The van der Waals surface area contributed by atoms with Crippen LogP contribution in [0, 0.1) is 0 Å². The van der Waals surface area contributed by atoms with Gasteiger partial charge in [-0.25, -0.2) is 9.59 Å². The van der Waals surface area contributed by atoms with Crippen LogP contribution < -0.4 is 32.7 Å². The number of hydrogen-bond donors (Lipinski definition) is 6. The van der Waals surface area contributed by atoms with Crippen molar-refractivity contribution >= 4 is 23.8 Å². The Labute approximate surface area is 117 Å². The van der Waals surface area contributed by atoms with Gasteiger partial charge in [-0.2, -0.15) is 11.8 Å². The molecule has 0 bridgehead atoms. The molecule has 0 saturated heterocycles. The van der Waals surface area contributed by atoms with Crippen molar-refractivity contribution in [1.82, 2.24) is 21.3 Å². The van der Waals surface area contributed by atoms with E-state index in [4.69, 9.17) is 11.5 Å². The maximum Gasteiger partial charge on any atom is 0.312 e. The number of primary amides is 2. The third-order valence-corrected chi connectivity index (χ3v) is 3.03. The highest BCUT2D eigenvalue weighted by Gasteiger charge is 1.93. The third-order valence-electron chi connectivity index (χ3n) is 2.05. The van der Waals surface area contributed by atoms with Gasteiger partial charge < -0.3 is 32.7 Å². The van der Waals surface area contributed by atoms with Crippen LogP contribution in [0.2, 0.25) is 0 Å².